The molecule has 0 spiro atoms. The van der Waals surface area contributed by atoms with Crippen molar-refractivity contribution in [2.45, 2.75) is 19.6 Å². The summed E-state index contributed by atoms with van der Waals surface area (Å²) >= 11 is 0. The van der Waals surface area contributed by atoms with Crippen molar-refractivity contribution in [1.29, 1.82) is 0 Å². The second-order valence-corrected chi connectivity index (χ2v) is 2.06. The minimum atomic E-state index is 0.292. The Morgan fingerprint density at radius 3 is 2.57 bits per heavy atom. The normalized spacial score (nSPS) is 31.7. The second-order valence-electron chi connectivity index (χ2n) is 2.06. The van der Waals surface area contributed by atoms with Crippen LogP contribution in [0.3, 0.4) is 0 Å². The summed E-state index contributed by atoms with van der Waals surface area (Å²) < 4.78 is 0. The van der Waals surface area contributed by atoms with Gasteiger partial charge in [-0.1, -0.05) is 13.7 Å². The molecule has 1 rings (SSSR count). The largest absolute Gasteiger partial charge is 0.342 e. The van der Waals surface area contributed by atoms with Crippen molar-refractivity contribution in [3.05, 3.63) is 0 Å². The predicted octanol–water partition coefficient (Wildman–Crippen LogP) is 0.960. The van der Waals surface area contributed by atoms with E-state index in [1.807, 2.05) is 6.82 Å². The van der Waals surface area contributed by atoms with Crippen LogP contribution >= 0.6 is 0 Å². The lowest BCUT2D eigenvalue weighted by Gasteiger charge is -1.93. The summed E-state index contributed by atoms with van der Waals surface area (Å²) in [6.07, 6.45) is 0. The molecule has 0 bridgehead atoms. The third-order valence-corrected chi connectivity index (χ3v) is 1.35. The minimum absolute atomic E-state index is 0.292. The highest BCUT2D eigenvalue weighted by atomic mass is 17.2. The summed E-state index contributed by atoms with van der Waals surface area (Å²) in [7, 11) is 0. The topological polar surface area (TPSA) is 18.5 Å². The van der Waals surface area contributed by atoms with Crippen LogP contribution in [-0.2, 0) is 9.69 Å². The zero-order chi connectivity index (χ0) is 5.28. The van der Waals surface area contributed by atoms with Crippen LogP contribution in [0.25, 0.3) is 0 Å². The molecule has 0 N–H and O–H groups in total. The standard InChI is InChI=1S/C4H9BO2/c1-4-3-6-7-5(4)2/h4H,3H2,1-2H3. The van der Waals surface area contributed by atoms with Crippen LogP contribution in [0, 0.1) is 0 Å². The molecule has 1 fully saturated rings. The van der Waals surface area contributed by atoms with E-state index in [9.17, 15) is 0 Å². The SMILES string of the molecule is CB1OOCC1C. The van der Waals surface area contributed by atoms with Gasteiger partial charge >= 0.3 is 6.92 Å². The zero-order valence-corrected chi connectivity index (χ0v) is 4.68. The van der Waals surface area contributed by atoms with E-state index in [2.05, 4.69) is 11.8 Å². The van der Waals surface area contributed by atoms with E-state index in [0.717, 1.165) is 6.61 Å². The molecule has 1 aliphatic rings. The van der Waals surface area contributed by atoms with Gasteiger partial charge in [0.05, 0.1) is 6.61 Å². The molecular weight excluding hydrogens is 90.9 g/mol. The molecule has 2 nitrogen and oxygen atoms in total. The molecule has 1 atom stereocenters. The Bertz CT molecular complexity index is 58.7. The monoisotopic (exact) mass is 100 g/mol. The van der Waals surface area contributed by atoms with Crippen LogP contribution in [0.5, 0.6) is 0 Å². The number of hydrogen-bond donors (Lipinski definition) is 0. The fourth-order valence-electron chi connectivity index (χ4n) is 0.484. The molecule has 1 saturated heterocycles. The van der Waals surface area contributed by atoms with Crippen molar-refractivity contribution in [2.24, 2.45) is 0 Å². The summed E-state index contributed by atoms with van der Waals surface area (Å²) in [5.74, 6) is 0.569. The van der Waals surface area contributed by atoms with Crippen LogP contribution in [-0.4, -0.2) is 13.5 Å². The Hall–Kier alpha value is -0.0151. The molecule has 40 valence electrons. The van der Waals surface area contributed by atoms with E-state index in [0.29, 0.717) is 12.7 Å². The third kappa shape index (κ3) is 0.953. The Morgan fingerprint density at radius 1 is 1.71 bits per heavy atom. The van der Waals surface area contributed by atoms with Crippen LogP contribution in [0.4, 0.5) is 0 Å². The quantitative estimate of drug-likeness (QED) is 0.333. The Morgan fingerprint density at radius 2 is 2.43 bits per heavy atom. The van der Waals surface area contributed by atoms with Gasteiger partial charge in [-0.3, -0.25) is 4.89 Å². The maximum Gasteiger partial charge on any atom is 0.342 e. The summed E-state index contributed by atoms with van der Waals surface area (Å²) in [6, 6.07) is 0. The highest BCUT2D eigenvalue weighted by Gasteiger charge is 2.25. The molecule has 1 heterocycles. The van der Waals surface area contributed by atoms with E-state index in [1.165, 1.54) is 0 Å². The molecule has 1 aliphatic heterocycles. The first-order valence-electron chi connectivity index (χ1n) is 2.59. The van der Waals surface area contributed by atoms with Gasteiger partial charge in [-0.25, -0.2) is 0 Å². The molecule has 0 aliphatic carbocycles. The van der Waals surface area contributed by atoms with Crippen molar-refractivity contribution in [3.8, 4) is 0 Å². The van der Waals surface area contributed by atoms with E-state index < -0.39 is 0 Å². The molecule has 0 aromatic heterocycles. The van der Waals surface area contributed by atoms with Crippen LogP contribution < -0.4 is 0 Å². The Kier molecular flexibility index (Phi) is 1.35. The first-order chi connectivity index (χ1) is 3.30. The molecule has 1 unspecified atom stereocenters. The maximum absolute atomic E-state index is 4.77. The summed E-state index contributed by atoms with van der Waals surface area (Å²) in [6.45, 7) is 5.16. The molecule has 0 aromatic rings. The van der Waals surface area contributed by atoms with Crippen LogP contribution in [0.1, 0.15) is 6.92 Å². The van der Waals surface area contributed by atoms with Crippen molar-refractivity contribution in [2.75, 3.05) is 6.61 Å². The van der Waals surface area contributed by atoms with Crippen LogP contribution in [0.15, 0.2) is 0 Å². The molecule has 0 aromatic carbocycles. The lowest BCUT2D eigenvalue weighted by atomic mass is 9.60. The fourth-order valence-corrected chi connectivity index (χ4v) is 0.484. The van der Waals surface area contributed by atoms with Crippen LogP contribution in [0.2, 0.25) is 12.6 Å². The van der Waals surface area contributed by atoms with Gasteiger partial charge in [0.2, 0.25) is 0 Å². The van der Waals surface area contributed by atoms with Gasteiger partial charge in [-0.05, 0) is 5.82 Å². The van der Waals surface area contributed by atoms with Gasteiger partial charge in [0, 0.05) is 0 Å². The molecule has 0 radical (unpaired) electrons. The fraction of sp³-hybridized carbons (Fsp3) is 1.00. The predicted molar refractivity (Wildman–Crippen MR) is 28.1 cm³/mol. The first-order valence-corrected chi connectivity index (χ1v) is 2.59. The Labute approximate surface area is 43.8 Å². The van der Waals surface area contributed by atoms with Gasteiger partial charge in [-0.15, -0.1) is 0 Å². The second kappa shape index (κ2) is 1.84. The van der Waals surface area contributed by atoms with Gasteiger partial charge in [0.1, 0.15) is 0 Å². The van der Waals surface area contributed by atoms with E-state index in [1.54, 1.807) is 0 Å². The molecular formula is C4H9BO2. The van der Waals surface area contributed by atoms with Gasteiger partial charge in [-0.2, -0.15) is 0 Å². The lowest BCUT2D eigenvalue weighted by Crippen LogP contribution is -2.08. The summed E-state index contributed by atoms with van der Waals surface area (Å²) in [4.78, 5) is 9.43. The average molecular weight is 99.9 g/mol. The average Bonchev–Trinajstić information content (AvgIpc) is 1.91. The third-order valence-electron chi connectivity index (χ3n) is 1.35. The van der Waals surface area contributed by atoms with Gasteiger partial charge < -0.3 is 4.81 Å². The Balaban J connectivity index is 2.33. The van der Waals surface area contributed by atoms with Crippen molar-refractivity contribution in [3.63, 3.8) is 0 Å². The molecule has 0 saturated carbocycles. The molecule has 0 amide bonds. The van der Waals surface area contributed by atoms with Gasteiger partial charge in [0.25, 0.3) is 0 Å². The van der Waals surface area contributed by atoms with E-state index in [-0.39, 0.29) is 0 Å². The van der Waals surface area contributed by atoms with E-state index in [4.69, 9.17) is 4.81 Å². The first kappa shape index (κ1) is 5.13. The smallest absolute Gasteiger partial charge is 0.305 e. The number of hydrogen-bond acceptors (Lipinski definition) is 2. The van der Waals surface area contributed by atoms with Crippen molar-refractivity contribution < 1.29 is 9.69 Å². The van der Waals surface area contributed by atoms with E-state index >= 15 is 0 Å². The summed E-state index contributed by atoms with van der Waals surface area (Å²) in [5.41, 5.74) is 0. The highest BCUT2D eigenvalue weighted by Crippen LogP contribution is 2.17. The number of rotatable bonds is 0. The minimum Gasteiger partial charge on any atom is -0.305 e. The van der Waals surface area contributed by atoms with Crippen molar-refractivity contribution in [1.82, 2.24) is 0 Å². The zero-order valence-electron chi connectivity index (χ0n) is 4.68. The maximum atomic E-state index is 4.77. The molecule has 3 heteroatoms. The highest BCUT2D eigenvalue weighted by molar-refractivity contribution is 6.52. The molecule has 7 heavy (non-hydrogen) atoms. The lowest BCUT2D eigenvalue weighted by molar-refractivity contribution is -0.186. The summed E-state index contributed by atoms with van der Waals surface area (Å²) in [5, 5.41) is 0. The van der Waals surface area contributed by atoms with Gasteiger partial charge in [0.15, 0.2) is 0 Å². The van der Waals surface area contributed by atoms with Crippen molar-refractivity contribution >= 4 is 6.92 Å².